The van der Waals surface area contributed by atoms with Crippen LogP contribution >= 0.6 is 0 Å². The number of hydrogen-bond acceptors (Lipinski definition) is 6. The average Bonchev–Trinajstić information content (AvgIpc) is 3.13. The molecule has 5 aromatic rings. The van der Waals surface area contributed by atoms with Gasteiger partial charge in [-0.05, 0) is 34.4 Å². The van der Waals surface area contributed by atoms with E-state index in [0.29, 0.717) is 18.8 Å². The van der Waals surface area contributed by atoms with Gasteiger partial charge < -0.3 is 4.74 Å². The van der Waals surface area contributed by atoms with Crippen molar-refractivity contribution in [3.8, 4) is 0 Å². The predicted octanol–water partition coefficient (Wildman–Crippen LogP) is 7.13. The number of sulfonamides is 1. The van der Waals surface area contributed by atoms with Gasteiger partial charge in [-0.25, -0.2) is 8.42 Å². The fourth-order valence-corrected chi connectivity index (χ4v) is 9.15. The summed E-state index contributed by atoms with van der Waals surface area (Å²) >= 11 is 0. The number of nitro groups is 1. The van der Waals surface area contributed by atoms with Crippen molar-refractivity contribution in [3.05, 3.63) is 185 Å². The van der Waals surface area contributed by atoms with Gasteiger partial charge in [-0.15, -0.1) is 6.58 Å². The number of likely N-dealkylation sites (tertiary alicyclic amines) is 1. The van der Waals surface area contributed by atoms with E-state index in [1.54, 1.807) is 12.1 Å². The lowest BCUT2D eigenvalue weighted by molar-refractivity contribution is -0.387. The Balaban J connectivity index is 1.30. The van der Waals surface area contributed by atoms with Gasteiger partial charge in [0.2, 0.25) is 0 Å². The summed E-state index contributed by atoms with van der Waals surface area (Å²) < 4.78 is 37.0. The summed E-state index contributed by atoms with van der Waals surface area (Å²) in [5.41, 5.74) is 3.04. The Kier molecular flexibility index (Phi) is 8.43. The molecule has 0 spiro atoms. The van der Waals surface area contributed by atoms with Gasteiger partial charge in [-0.1, -0.05) is 127 Å². The third-order valence-electron chi connectivity index (χ3n) is 9.58. The Hall–Kier alpha value is -5.09. The van der Waals surface area contributed by atoms with Crippen molar-refractivity contribution in [1.29, 1.82) is 0 Å². The van der Waals surface area contributed by atoms with Gasteiger partial charge in [-0.2, -0.15) is 0 Å². The van der Waals surface area contributed by atoms with Crippen molar-refractivity contribution in [2.24, 2.45) is 0 Å². The molecule has 0 bridgehead atoms. The molecule has 3 atom stereocenters. The normalized spacial score (nSPS) is 19.1. The number of nitrogens with zero attached hydrogens (tertiary/aromatic N) is 3. The molecular formula is C39H35N3O5S. The molecule has 1 fully saturated rings. The van der Waals surface area contributed by atoms with Crippen LogP contribution in [0.1, 0.15) is 28.2 Å². The summed E-state index contributed by atoms with van der Waals surface area (Å²) in [5, 5.41) is 11.9. The van der Waals surface area contributed by atoms with E-state index in [2.05, 4.69) is 47.9 Å². The molecule has 0 aromatic heterocycles. The molecule has 8 nitrogen and oxygen atoms in total. The Morgan fingerprint density at radius 2 is 1.31 bits per heavy atom. The van der Waals surface area contributed by atoms with Crippen LogP contribution in [0.5, 0.6) is 0 Å². The standard InChI is InChI=1S/C39H35N3O5S/c1-2-26-40-35-27-41(48(45,46)37-25-15-14-24-34(37)42(43)44)33-23-13-12-22-32(33)38(35)36(40)28-47-39(29-16-6-3-7-17-29,30-18-8-4-9-19-30)31-20-10-5-11-21-31/h2-25,35-36,38H,1,26-28H2/t35-,36-,38+/m0/s1. The van der Waals surface area contributed by atoms with Crippen LogP contribution in [0.4, 0.5) is 11.4 Å². The van der Waals surface area contributed by atoms with Crippen LogP contribution in [0, 0.1) is 10.1 Å². The molecule has 7 rings (SSSR count). The molecule has 0 unspecified atom stereocenters. The fourth-order valence-electron chi connectivity index (χ4n) is 7.48. The lowest BCUT2D eigenvalue weighted by Crippen LogP contribution is -2.69. The highest BCUT2D eigenvalue weighted by molar-refractivity contribution is 7.93. The van der Waals surface area contributed by atoms with Crippen LogP contribution in [0.25, 0.3) is 0 Å². The number of hydrogen-bond donors (Lipinski definition) is 0. The summed E-state index contributed by atoms with van der Waals surface area (Å²) in [5.74, 6) is -0.0432. The molecular weight excluding hydrogens is 623 g/mol. The van der Waals surface area contributed by atoms with Crippen LogP contribution in [0.3, 0.4) is 0 Å². The van der Waals surface area contributed by atoms with Crippen LogP contribution in [0.15, 0.2) is 157 Å². The van der Waals surface area contributed by atoms with Gasteiger partial charge in [-0.3, -0.25) is 19.3 Å². The summed E-state index contributed by atoms with van der Waals surface area (Å²) in [6, 6.07) is 43.3. The highest BCUT2D eigenvalue weighted by Crippen LogP contribution is 2.51. The van der Waals surface area contributed by atoms with Crippen LogP contribution in [0.2, 0.25) is 0 Å². The minimum Gasteiger partial charge on any atom is -0.359 e. The van der Waals surface area contributed by atoms with E-state index in [4.69, 9.17) is 4.74 Å². The Labute approximate surface area is 280 Å². The maximum absolute atomic E-state index is 14.2. The van der Waals surface area contributed by atoms with Crippen molar-refractivity contribution in [2.75, 3.05) is 24.0 Å². The van der Waals surface area contributed by atoms with Gasteiger partial charge in [0.15, 0.2) is 4.90 Å². The van der Waals surface area contributed by atoms with E-state index in [9.17, 15) is 18.5 Å². The summed E-state index contributed by atoms with van der Waals surface area (Å²) in [7, 11) is -4.27. The molecule has 9 heteroatoms. The number of ether oxygens (including phenoxy) is 1. The van der Waals surface area contributed by atoms with Crippen molar-refractivity contribution in [2.45, 2.75) is 28.5 Å². The molecule has 0 saturated carbocycles. The first-order valence-corrected chi connectivity index (χ1v) is 17.3. The van der Waals surface area contributed by atoms with Crippen LogP contribution < -0.4 is 4.31 Å². The molecule has 242 valence electrons. The van der Waals surface area contributed by atoms with E-state index >= 15 is 0 Å². The zero-order valence-corrected chi connectivity index (χ0v) is 27.0. The third-order valence-corrected chi connectivity index (χ3v) is 11.4. The number of benzene rings is 5. The van der Waals surface area contributed by atoms with Gasteiger partial charge >= 0.3 is 0 Å². The van der Waals surface area contributed by atoms with E-state index < -0.39 is 26.2 Å². The Morgan fingerprint density at radius 3 is 1.88 bits per heavy atom. The van der Waals surface area contributed by atoms with Crippen LogP contribution in [-0.2, 0) is 20.4 Å². The van der Waals surface area contributed by atoms with Crippen molar-refractivity contribution >= 4 is 21.4 Å². The lowest BCUT2D eigenvalue weighted by Gasteiger charge is -2.59. The monoisotopic (exact) mass is 657 g/mol. The Morgan fingerprint density at radius 1 is 0.792 bits per heavy atom. The lowest BCUT2D eigenvalue weighted by atomic mass is 9.72. The minimum atomic E-state index is -4.27. The second kappa shape index (κ2) is 12.8. The molecule has 2 aliphatic rings. The molecule has 2 aliphatic heterocycles. The smallest absolute Gasteiger partial charge is 0.289 e. The maximum atomic E-state index is 14.2. The maximum Gasteiger partial charge on any atom is 0.289 e. The largest absolute Gasteiger partial charge is 0.359 e. The molecule has 48 heavy (non-hydrogen) atoms. The first kappa shape index (κ1) is 31.5. The zero-order valence-electron chi connectivity index (χ0n) is 26.2. The number of anilines is 1. The SMILES string of the molecule is C=CCN1[C@@H](COC(c2ccccc2)(c2ccccc2)c2ccccc2)[C@@H]2c3ccccc3N(S(=O)(=O)c3ccccc3[N+](=O)[O-])C[C@@H]21. The highest BCUT2D eigenvalue weighted by atomic mass is 32.2. The van der Waals surface area contributed by atoms with E-state index in [1.165, 1.54) is 28.6 Å². The molecule has 0 amide bonds. The van der Waals surface area contributed by atoms with Crippen molar-refractivity contribution in [1.82, 2.24) is 4.90 Å². The van der Waals surface area contributed by atoms with Crippen LogP contribution in [-0.4, -0.2) is 50.0 Å². The van der Waals surface area contributed by atoms with E-state index in [1.807, 2.05) is 72.8 Å². The van der Waals surface area contributed by atoms with Gasteiger partial charge in [0, 0.05) is 30.6 Å². The summed E-state index contributed by atoms with van der Waals surface area (Å²) in [4.78, 5) is 13.1. The second-order valence-corrected chi connectivity index (χ2v) is 13.9. The third kappa shape index (κ3) is 5.20. The minimum absolute atomic E-state index is 0.0432. The molecule has 0 aliphatic carbocycles. The number of fused-ring (bicyclic) bond motifs is 3. The summed E-state index contributed by atoms with van der Waals surface area (Å²) in [6.07, 6.45) is 1.82. The average molecular weight is 658 g/mol. The van der Waals surface area contributed by atoms with Gasteiger partial charge in [0.1, 0.15) is 5.60 Å². The first-order valence-electron chi connectivity index (χ1n) is 15.9. The van der Waals surface area contributed by atoms with E-state index in [-0.39, 0.29) is 29.4 Å². The number of para-hydroxylation sites is 2. The number of rotatable bonds is 11. The quantitative estimate of drug-likeness (QED) is 0.0649. The molecule has 1 saturated heterocycles. The fraction of sp³-hybridized carbons (Fsp3) is 0.179. The predicted molar refractivity (Wildman–Crippen MR) is 186 cm³/mol. The second-order valence-electron chi connectivity index (χ2n) is 12.1. The van der Waals surface area contributed by atoms with Gasteiger partial charge in [0.05, 0.1) is 23.8 Å². The van der Waals surface area contributed by atoms with E-state index in [0.717, 1.165) is 22.3 Å². The van der Waals surface area contributed by atoms with Crippen molar-refractivity contribution < 1.29 is 18.1 Å². The first-order chi connectivity index (χ1) is 23.4. The van der Waals surface area contributed by atoms with Gasteiger partial charge in [0.25, 0.3) is 15.7 Å². The Bertz CT molecular complexity index is 1940. The zero-order chi connectivity index (χ0) is 33.3. The van der Waals surface area contributed by atoms with Crippen molar-refractivity contribution in [3.63, 3.8) is 0 Å². The highest BCUT2D eigenvalue weighted by Gasteiger charge is 2.55. The topological polar surface area (TPSA) is 93.0 Å². The number of nitro benzene ring substituents is 1. The molecule has 0 N–H and O–H groups in total. The molecule has 0 radical (unpaired) electrons. The molecule has 2 heterocycles. The summed E-state index contributed by atoms with van der Waals surface area (Å²) in [6.45, 7) is 5.01. The molecule has 5 aromatic carbocycles.